The van der Waals surface area contributed by atoms with Crippen molar-refractivity contribution in [2.75, 3.05) is 44.3 Å². The van der Waals surface area contributed by atoms with Crippen LogP contribution in [0.2, 0.25) is 0 Å². The summed E-state index contributed by atoms with van der Waals surface area (Å²) in [6.07, 6.45) is 0. The molecule has 2 aromatic rings. The number of nitrogens with zero attached hydrogens (tertiary/aromatic N) is 3. The van der Waals surface area contributed by atoms with Gasteiger partial charge in [0, 0.05) is 37.2 Å². The highest BCUT2D eigenvalue weighted by molar-refractivity contribution is 7.12. The Hall–Kier alpha value is -2.20. The van der Waals surface area contributed by atoms with Crippen molar-refractivity contribution in [3.63, 3.8) is 0 Å². The lowest BCUT2D eigenvalue weighted by atomic mass is 10.2. The molecule has 0 bridgehead atoms. The summed E-state index contributed by atoms with van der Waals surface area (Å²) in [6, 6.07) is 13.4. The summed E-state index contributed by atoms with van der Waals surface area (Å²) in [6.45, 7) is 4.71. The summed E-state index contributed by atoms with van der Waals surface area (Å²) < 4.78 is 5.37. The SMILES string of the molecule is N#Cc1csc(C(=O)N(CCN2CCOCC2)c2ccccc2)c1. The number of carbonyl (C=O) groups is 1. The Bertz CT molecular complexity index is 717. The summed E-state index contributed by atoms with van der Waals surface area (Å²) in [7, 11) is 0. The Labute approximate surface area is 145 Å². The molecule has 1 aromatic heterocycles. The standard InChI is InChI=1S/C18H19N3O2S/c19-13-15-12-17(24-14-15)18(22)21(16-4-2-1-3-5-16)7-6-20-8-10-23-11-9-20/h1-5,12,14H,6-11H2. The lowest BCUT2D eigenvalue weighted by Gasteiger charge is -2.30. The molecule has 0 unspecified atom stereocenters. The molecular weight excluding hydrogens is 322 g/mol. The normalized spacial score (nSPS) is 15.0. The molecule has 24 heavy (non-hydrogen) atoms. The molecule has 0 spiro atoms. The average molecular weight is 341 g/mol. The van der Waals surface area contributed by atoms with Crippen LogP contribution in [0, 0.1) is 11.3 Å². The smallest absolute Gasteiger partial charge is 0.268 e. The summed E-state index contributed by atoms with van der Waals surface area (Å²) in [5, 5.41) is 10.7. The molecule has 0 N–H and O–H groups in total. The van der Waals surface area contributed by atoms with Gasteiger partial charge in [-0.3, -0.25) is 9.69 Å². The van der Waals surface area contributed by atoms with E-state index in [-0.39, 0.29) is 5.91 Å². The summed E-state index contributed by atoms with van der Waals surface area (Å²) in [5.74, 6) is -0.0547. The van der Waals surface area contributed by atoms with Crippen LogP contribution in [0.15, 0.2) is 41.8 Å². The molecule has 124 valence electrons. The Morgan fingerprint density at radius 1 is 1.29 bits per heavy atom. The predicted octanol–water partition coefficient (Wildman–Crippen LogP) is 2.60. The maximum Gasteiger partial charge on any atom is 0.268 e. The molecule has 0 saturated carbocycles. The van der Waals surface area contributed by atoms with Crippen LogP contribution in [0.5, 0.6) is 0 Å². The van der Waals surface area contributed by atoms with Crippen LogP contribution < -0.4 is 4.90 Å². The van der Waals surface area contributed by atoms with E-state index in [1.54, 1.807) is 16.3 Å². The molecule has 1 saturated heterocycles. The number of amides is 1. The van der Waals surface area contributed by atoms with Gasteiger partial charge in [-0.15, -0.1) is 11.3 Å². The fourth-order valence-electron chi connectivity index (χ4n) is 2.66. The van der Waals surface area contributed by atoms with Gasteiger partial charge in [-0.25, -0.2) is 0 Å². The Morgan fingerprint density at radius 2 is 2.04 bits per heavy atom. The van der Waals surface area contributed by atoms with Crippen molar-refractivity contribution in [3.8, 4) is 6.07 Å². The number of anilines is 1. The molecule has 0 aliphatic carbocycles. The Kier molecular flexibility index (Phi) is 5.59. The van der Waals surface area contributed by atoms with Crippen molar-refractivity contribution >= 4 is 22.9 Å². The Balaban J connectivity index is 1.76. The molecule has 1 aromatic carbocycles. The van der Waals surface area contributed by atoms with Gasteiger partial charge in [0.1, 0.15) is 6.07 Å². The van der Waals surface area contributed by atoms with Crippen molar-refractivity contribution < 1.29 is 9.53 Å². The van der Waals surface area contributed by atoms with Crippen LogP contribution >= 0.6 is 11.3 Å². The number of carbonyl (C=O) groups excluding carboxylic acids is 1. The second-order valence-electron chi connectivity index (χ2n) is 5.56. The lowest BCUT2D eigenvalue weighted by molar-refractivity contribution is 0.0391. The molecule has 5 nitrogen and oxygen atoms in total. The summed E-state index contributed by atoms with van der Waals surface area (Å²) in [5.41, 5.74) is 1.41. The van der Waals surface area contributed by atoms with E-state index in [4.69, 9.17) is 10.00 Å². The molecular formula is C18H19N3O2S. The van der Waals surface area contributed by atoms with E-state index in [2.05, 4.69) is 11.0 Å². The van der Waals surface area contributed by atoms with Crippen LogP contribution in [0.3, 0.4) is 0 Å². The zero-order valence-corrected chi connectivity index (χ0v) is 14.2. The molecule has 1 amide bonds. The third-order valence-corrected chi connectivity index (χ3v) is 4.91. The van der Waals surface area contributed by atoms with Gasteiger partial charge in [0.25, 0.3) is 5.91 Å². The number of ether oxygens (including phenoxy) is 1. The number of benzene rings is 1. The second kappa shape index (κ2) is 8.06. The third kappa shape index (κ3) is 4.01. The minimum absolute atomic E-state index is 0.0547. The zero-order chi connectivity index (χ0) is 16.8. The van der Waals surface area contributed by atoms with Gasteiger partial charge in [-0.1, -0.05) is 18.2 Å². The van der Waals surface area contributed by atoms with Crippen molar-refractivity contribution in [3.05, 3.63) is 52.2 Å². The van der Waals surface area contributed by atoms with E-state index < -0.39 is 0 Å². The van der Waals surface area contributed by atoms with Crippen LogP contribution in [-0.4, -0.2) is 50.2 Å². The first-order chi connectivity index (χ1) is 11.8. The molecule has 1 aliphatic heterocycles. The van der Waals surface area contributed by atoms with Crippen molar-refractivity contribution in [1.82, 2.24) is 4.90 Å². The first-order valence-corrected chi connectivity index (χ1v) is 8.81. The van der Waals surface area contributed by atoms with Crippen molar-refractivity contribution in [2.24, 2.45) is 0 Å². The molecule has 0 atom stereocenters. The lowest BCUT2D eigenvalue weighted by Crippen LogP contribution is -2.43. The topological polar surface area (TPSA) is 56.6 Å². The maximum absolute atomic E-state index is 12.9. The number of hydrogen-bond acceptors (Lipinski definition) is 5. The maximum atomic E-state index is 12.9. The molecule has 1 aliphatic rings. The van der Waals surface area contributed by atoms with Crippen molar-refractivity contribution in [1.29, 1.82) is 5.26 Å². The van der Waals surface area contributed by atoms with Crippen LogP contribution in [0.25, 0.3) is 0 Å². The van der Waals surface area contributed by atoms with Crippen LogP contribution in [0.4, 0.5) is 5.69 Å². The minimum Gasteiger partial charge on any atom is -0.379 e. The molecule has 1 fully saturated rings. The highest BCUT2D eigenvalue weighted by Gasteiger charge is 2.21. The van der Waals surface area contributed by atoms with E-state index in [9.17, 15) is 4.79 Å². The molecule has 2 heterocycles. The van der Waals surface area contributed by atoms with Gasteiger partial charge in [-0.05, 0) is 18.2 Å². The number of thiophene rings is 1. The van der Waals surface area contributed by atoms with Gasteiger partial charge in [-0.2, -0.15) is 5.26 Å². The number of para-hydroxylation sites is 1. The largest absolute Gasteiger partial charge is 0.379 e. The average Bonchev–Trinajstić information content (AvgIpc) is 3.13. The van der Waals surface area contributed by atoms with Gasteiger partial charge >= 0.3 is 0 Å². The Morgan fingerprint density at radius 3 is 2.71 bits per heavy atom. The quantitative estimate of drug-likeness (QED) is 0.839. The van der Waals surface area contributed by atoms with E-state index in [1.165, 1.54) is 11.3 Å². The van der Waals surface area contributed by atoms with E-state index in [0.717, 1.165) is 38.5 Å². The van der Waals surface area contributed by atoms with Gasteiger partial charge < -0.3 is 9.64 Å². The number of hydrogen-bond donors (Lipinski definition) is 0. The molecule has 0 radical (unpaired) electrons. The number of morpholine rings is 1. The monoisotopic (exact) mass is 341 g/mol. The van der Waals surface area contributed by atoms with Crippen molar-refractivity contribution in [2.45, 2.75) is 0 Å². The van der Waals surface area contributed by atoms with E-state index >= 15 is 0 Å². The highest BCUT2D eigenvalue weighted by Crippen LogP contribution is 2.21. The fraction of sp³-hybridized carbons (Fsp3) is 0.333. The summed E-state index contributed by atoms with van der Waals surface area (Å²) in [4.78, 5) is 17.6. The second-order valence-corrected chi connectivity index (χ2v) is 6.47. The van der Waals surface area contributed by atoms with E-state index in [0.29, 0.717) is 17.0 Å². The van der Waals surface area contributed by atoms with Crippen LogP contribution in [0.1, 0.15) is 15.2 Å². The first kappa shape index (κ1) is 16.7. The van der Waals surface area contributed by atoms with Gasteiger partial charge in [0.2, 0.25) is 0 Å². The molecule has 3 rings (SSSR count). The van der Waals surface area contributed by atoms with Gasteiger partial charge in [0.05, 0.1) is 23.7 Å². The first-order valence-electron chi connectivity index (χ1n) is 7.93. The van der Waals surface area contributed by atoms with E-state index in [1.807, 2.05) is 30.3 Å². The number of rotatable bonds is 5. The van der Waals surface area contributed by atoms with Crippen LogP contribution in [-0.2, 0) is 4.74 Å². The minimum atomic E-state index is -0.0547. The fourth-order valence-corrected chi connectivity index (χ4v) is 3.44. The van der Waals surface area contributed by atoms with Gasteiger partial charge in [0.15, 0.2) is 0 Å². The molecule has 6 heteroatoms. The number of nitriles is 1. The third-order valence-electron chi connectivity index (χ3n) is 4.00. The summed E-state index contributed by atoms with van der Waals surface area (Å²) >= 11 is 1.32. The predicted molar refractivity (Wildman–Crippen MR) is 94.4 cm³/mol. The highest BCUT2D eigenvalue weighted by atomic mass is 32.1. The zero-order valence-electron chi connectivity index (χ0n) is 13.4.